The van der Waals surface area contributed by atoms with E-state index in [0.717, 1.165) is 44.7 Å². The molecule has 0 radical (unpaired) electrons. The molecule has 3 aliphatic rings. The van der Waals surface area contributed by atoms with Gasteiger partial charge < -0.3 is 0 Å². The van der Waals surface area contributed by atoms with Crippen molar-refractivity contribution < 1.29 is 9.30 Å². The Kier molecular flexibility index (Phi) is 9.03. The molecule has 7 heteroatoms. The number of rotatable bonds is 8. The summed E-state index contributed by atoms with van der Waals surface area (Å²) in [5.74, 6) is 1.10. The van der Waals surface area contributed by atoms with E-state index in [1.807, 2.05) is 0 Å². The van der Waals surface area contributed by atoms with Crippen molar-refractivity contribution in [3.8, 4) is 0 Å². The normalized spacial score (nSPS) is 21.5. The van der Waals surface area contributed by atoms with Gasteiger partial charge in [0, 0.05) is 0 Å². The summed E-state index contributed by atoms with van der Waals surface area (Å²) in [7, 11) is 0. The van der Waals surface area contributed by atoms with Gasteiger partial charge in [0.2, 0.25) is 0 Å². The number of ether oxygens (including phenoxy) is 1. The maximum absolute atomic E-state index is 7.37. The summed E-state index contributed by atoms with van der Waals surface area (Å²) in [6.07, 6.45) is 12.8. The van der Waals surface area contributed by atoms with Gasteiger partial charge in [0.15, 0.2) is 0 Å². The summed E-state index contributed by atoms with van der Waals surface area (Å²) in [6, 6.07) is 26.7. The summed E-state index contributed by atoms with van der Waals surface area (Å²) in [5, 5.41) is 0. The molecule has 0 saturated carbocycles. The van der Waals surface area contributed by atoms with Crippen molar-refractivity contribution in [3.63, 3.8) is 0 Å². The van der Waals surface area contributed by atoms with E-state index in [-0.39, 0.29) is 19.6 Å². The van der Waals surface area contributed by atoms with Gasteiger partial charge in [-0.2, -0.15) is 0 Å². The van der Waals surface area contributed by atoms with Gasteiger partial charge in [-0.15, -0.1) is 0 Å². The van der Waals surface area contributed by atoms with Crippen LogP contribution in [0.4, 0.5) is 11.4 Å². The number of hydrogen-bond acceptors (Lipinski definition) is 3. The Hall–Kier alpha value is -2.75. The zero-order chi connectivity index (χ0) is 31.0. The Morgan fingerprint density at radius 2 is 1.60 bits per heavy atom. The zero-order valence-corrected chi connectivity index (χ0v) is 31.6. The number of benzene rings is 3. The number of nitrogens with zero attached hydrogens (tertiary/aromatic N) is 3. The average molecular weight is 792 g/mol. The molecule has 45 heavy (non-hydrogen) atoms. The van der Waals surface area contributed by atoms with Crippen LogP contribution in [0, 0.1) is 0 Å². The third-order valence-electron chi connectivity index (χ3n) is 8.79. The second-order valence-electron chi connectivity index (χ2n) is 11.5. The molecule has 1 atom stereocenters. The van der Waals surface area contributed by atoms with Crippen LogP contribution < -0.4 is 23.3 Å². The first-order valence-electron chi connectivity index (χ1n) is 16.1. The van der Waals surface area contributed by atoms with Gasteiger partial charge >= 0.3 is 288 Å². The second-order valence-corrected chi connectivity index (χ2v) is 18.9. The monoisotopic (exact) mass is 794 g/mol. The van der Waals surface area contributed by atoms with E-state index in [0.29, 0.717) is 29.5 Å². The molecule has 230 valence electrons. The summed E-state index contributed by atoms with van der Waals surface area (Å²) >= 11 is 0.793. The van der Waals surface area contributed by atoms with Gasteiger partial charge in [-0.1, -0.05) is 0 Å². The Labute approximate surface area is 286 Å². The summed E-state index contributed by atoms with van der Waals surface area (Å²) in [5.41, 5.74) is 6.74. The third kappa shape index (κ3) is 5.85. The number of aromatic nitrogens is 1. The van der Waals surface area contributed by atoms with Crippen LogP contribution >= 0.6 is 0 Å². The van der Waals surface area contributed by atoms with Gasteiger partial charge in [-0.05, 0) is 0 Å². The van der Waals surface area contributed by atoms with Crippen LogP contribution in [0.3, 0.4) is 0 Å². The van der Waals surface area contributed by atoms with Crippen LogP contribution in [-0.2, 0) is 11.3 Å². The standard InChI is InChI=1S/C38H40N3OSe3/c1-5-39-29-17-8-11-20-32(29)43-35(39)25-23-27-15-14-16-28(24-26-36-40(6-2)30-18-9-12-21-33(30)44-36)37(27)42-38(4)41(7-3)31-19-10-13-22-34(31)45-38/h8-13,17-26H,5-7,14-16H2,1-4H3/q+1. The number of aryl methyl sites for hydroxylation is 1. The van der Waals surface area contributed by atoms with E-state index in [4.69, 9.17) is 4.74 Å². The van der Waals surface area contributed by atoms with E-state index >= 15 is 0 Å². The van der Waals surface area contributed by atoms with Crippen LogP contribution in [-0.4, -0.2) is 62.1 Å². The fraction of sp³-hybridized carbons (Fsp3) is 0.289. The Balaban J connectivity index is 1.30. The van der Waals surface area contributed by atoms with Crippen molar-refractivity contribution in [2.75, 3.05) is 22.9 Å². The predicted octanol–water partition coefficient (Wildman–Crippen LogP) is 5.85. The van der Waals surface area contributed by atoms with E-state index in [1.54, 1.807) is 0 Å². The zero-order valence-electron chi connectivity index (χ0n) is 26.5. The van der Waals surface area contributed by atoms with Gasteiger partial charge in [-0.3, -0.25) is 0 Å². The van der Waals surface area contributed by atoms with E-state index < -0.39 is 0 Å². The van der Waals surface area contributed by atoms with E-state index in [9.17, 15) is 0 Å². The van der Waals surface area contributed by atoms with Gasteiger partial charge in [-0.25, -0.2) is 0 Å². The van der Waals surface area contributed by atoms with Crippen molar-refractivity contribution in [1.29, 1.82) is 0 Å². The third-order valence-corrected chi connectivity index (χ3v) is 16.2. The van der Waals surface area contributed by atoms with Crippen molar-refractivity contribution in [2.45, 2.75) is 58.1 Å². The van der Waals surface area contributed by atoms with Crippen LogP contribution in [0.25, 0.3) is 15.9 Å². The summed E-state index contributed by atoms with van der Waals surface area (Å²) < 4.78 is 16.7. The second kappa shape index (κ2) is 13.2. The van der Waals surface area contributed by atoms with E-state index in [1.165, 1.54) is 50.4 Å². The molecule has 7 rings (SSSR count). The first-order chi connectivity index (χ1) is 22.0. The molecule has 1 aromatic heterocycles. The minimum atomic E-state index is -0.372. The molecule has 0 fully saturated rings. The average Bonchev–Trinajstić information content (AvgIpc) is 3.70. The SMILES string of the molecule is CCN1/C(=C/C=C2\CCCC(/C=C/c3[se]c4ccccc4[n+]3CC)=C2OC2(C)[Se]c3ccccc3N2CC)[Se]c2ccccc21. The first-order valence-corrected chi connectivity index (χ1v) is 21.2. The molecule has 1 unspecified atom stereocenters. The molecule has 0 N–H and O–H groups in total. The number of anilines is 2. The Morgan fingerprint density at radius 1 is 0.844 bits per heavy atom. The quantitative estimate of drug-likeness (QED) is 0.165. The number of allylic oxidation sites excluding steroid dienone is 5. The minimum absolute atomic E-state index is 0.168. The van der Waals surface area contributed by atoms with Crippen LogP contribution in [0.5, 0.6) is 0 Å². The van der Waals surface area contributed by atoms with Crippen molar-refractivity contribution >= 4 is 80.6 Å². The molecule has 0 bridgehead atoms. The topological polar surface area (TPSA) is 19.6 Å². The van der Waals surface area contributed by atoms with E-state index in [2.05, 4.69) is 139 Å². The molecule has 0 spiro atoms. The number of fused-ring (bicyclic) bond motifs is 3. The molecule has 4 aromatic rings. The molecule has 1 aliphatic carbocycles. The first kappa shape index (κ1) is 30.9. The molecule has 2 aliphatic heterocycles. The predicted molar refractivity (Wildman–Crippen MR) is 192 cm³/mol. The van der Waals surface area contributed by atoms with Gasteiger partial charge in [0.05, 0.1) is 0 Å². The fourth-order valence-corrected chi connectivity index (χ4v) is 14.1. The number of hydrogen-bond donors (Lipinski definition) is 0. The number of para-hydroxylation sites is 3. The van der Waals surface area contributed by atoms with Crippen molar-refractivity contribution in [1.82, 2.24) is 0 Å². The van der Waals surface area contributed by atoms with Gasteiger partial charge in [0.25, 0.3) is 0 Å². The molecule has 0 amide bonds. The van der Waals surface area contributed by atoms with Crippen LogP contribution in [0.15, 0.2) is 113 Å². The molecule has 4 nitrogen and oxygen atoms in total. The summed E-state index contributed by atoms with van der Waals surface area (Å²) in [4.78, 5) is 4.98. The van der Waals surface area contributed by atoms with Crippen molar-refractivity contribution in [2.24, 2.45) is 0 Å². The molecular weight excluding hydrogens is 751 g/mol. The molecular formula is C38H40N3OSe3+. The molecule has 0 saturated heterocycles. The van der Waals surface area contributed by atoms with Crippen molar-refractivity contribution in [3.05, 3.63) is 117 Å². The Bertz CT molecular complexity index is 1870. The molecule has 3 aromatic carbocycles. The molecule has 3 heterocycles. The van der Waals surface area contributed by atoms with Crippen LogP contribution in [0.2, 0.25) is 0 Å². The maximum atomic E-state index is 7.37. The van der Waals surface area contributed by atoms with Gasteiger partial charge in [0.1, 0.15) is 0 Å². The van der Waals surface area contributed by atoms with Crippen LogP contribution in [0.1, 0.15) is 51.5 Å². The summed E-state index contributed by atoms with van der Waals surface area (Å²) in [6.45, 7) is 12.0. The Morgan fingerprint density at radius 3 is 2.40 bits per heavy atom. The fourth-order valence-electron chi connectivity index (χ4n) is 6.67.